The fourth-order valence-electron chi connectivity index (χ4n) is 4.04. The lowest BCUT2D eigenvalue weighted by Crippen LogP contribution is -2.41. The molecule has 0 spiro atoms. The van der Waals surface area contributed by atoms with E-state index in [-0.39, 0.29) is 34.6 Å². The van der Waals surface area contributed by atoms with Crippen molar-refractivity contribution >= 4 is 17.5 Å². The summed E-state index contributed by atoms with van der Waals surface area (Å²) < 4.78 is 0. The Morgan fingerprint density at radius 1 is 1.12 bits per heavy atom. The first-order valence-electron chi connectivity index (χ1n) is 9.10. The van der Waals surface area contributed by atoms with Crippen LogP contribution in [0.2, 0.25) is 0 Å². The van der Waals surface area contributed by atoms with E-state index in [0.717, 1.165) is 25.1 Å². The van der Waals surface area contributed by atoms with E-state index in [2.05, 4.69) is 37.9 Å². The molecule has 3 rings (SSSR count). The maximum absolute atomic E-state index is 12.5. The second kappa shape index (κ2) is 6.04. The van der Waals surface area contributed by atoms with E-state index >= 15 is 0 Å². The predicted molar refractivity (Wildman–Crippen MR) is 99.4 cm³/mol. The highest BCUT2D eigenvalue weighted by Gasteiger charge is 2.65. The number of carbonyl (C=O) groups excluding carboxylic acids is 2. The summed E-state index contributed by atoms with van der Waals surface area (Å²) in [5, 5.41) is 3.16. The third-order valence-electron chi connectivity index (χ3n) is 6.61. The van der Waals surface area contributed by atoms with Gasteiger partial charge in [-0.05, 0) is 47.9 Å². The average Bonchev–Trinajstić information content (AvgIpc) is 2.97. The van der Waals surface area contributed by atoms with E-state index in [0.29, 0.717) is 12.1 Å². The van der Waals surface area contributed by atoms with Crippen molar-refractivity contribution in [2.45, 2.75) is 46.6 Å². The van der Waals surface area contributed by atoms with Crippen molar-refractivity contribution in [2.75, 3.05) is 18.0 Å². The van der Waals surface area contributed by atoms with Crippen LogP contribution in [0.5, 0.6) is 0 Å². The summed E-state index contributed by atoms with van der Waals surface area (Å²) in [5.41, 5.74) is 7.41. The van der Waals surface area contributed by atoms with Gasteiger partial charge in [-0.25, -0.2) is 0 Å². The maximum atomic E-state index is 12.5. The number of anilines is 1. The van der Waals surface area contributed by atoms with Gasteiger partial charge in [-0.15, -0.1) is 0 Å². The quantitative estimate of drug-likeness (QED) is 0.882. The van der Waals surface area contributed by atoms with E-state index in [4.69, 9.17) is 5.73 Å². The molecule has 1 heterocycles. The van der Waals surface area contributed by atoms with E-state index in [1.165, 1.54) is 0 Å². The molecule has 5 heteroatoms. The zero-order valence-electron chi connectivity index (χ0n) is 15.6. The van der Waals surface area contributed by atoms with Gasteiger partial charge in [0, 0.05) is 30.4 Å². The Kier molecular flexibility index (Phi) is 4.30. The van der Waals surface area contributed by atoms with Gasteiger partial charge in [-0.1, -0.05) is 27.7 Å². The molecule has 0 bridgehead atoms. The summed E-state index contributed by atoms with van der Waals surface area (Å²) in [4.78, 5) is 26.1. The first kappa shape index (κ1) is 17.8. The fourth-order valence-corrected chi connectivity index (χ4v) is 4.04. The van der Waals surface area contributed by atoms with Gasteiger partial charge in [-0.2, -0.15) is 0 Å². The number of carbonyl (C=O) groups is 2. The third kappa shape index (κ3) is 3.12. The molecule has 2 amide bonds. The Morgan fingerprint density at radius 3 is 2.24 bits per heavy atom. The van der Waals surface area contributed by atoms with Crippen molar-refractivity contribution in [2.24, 2.45) is 22.5 Å². The molecule has 0 aromatic heterocycles. The first-order valence-corrected chi connectivity index (χ1v) is 9.10. The lowest BCUT2D eigenvalue weighted by atomic mass is 9.97. The van der Waals surface area contributed by atoms with Crippen LogP contribution in [0.4, 0.5) is 5.69 Å². The van der Waals surface area contributed by atoms with Crippen LogP contribution >= 0.6 is 0 Å². The van der Waals surface area contributed by atoms with Crippen LogP contribution in [0.1, 0.15) is 50.9 Å². The number of amides is 2. The number of benzene rings is 1. The number of primary amides is 1. The number of piperidine rings is 1. The highest BCUT2D eigenvalue weighted by molar-refractivity contribution is 5.95. The molecule has 1 aromatic carbocycles. The summed E-state index contributed by atoms with van der Waals surface area (Å²) in [6.45, 7) is 10.3. The SMILES string of the molecule is CC1(C)C(NC(=O)c2ccc(N3CCCC(C(N)=O)C3)cc2)C1(C)C. The largest absolute Gasteiger partial charge is 0.371 e. The van der Waals surface area contributed by atoms with Gasteiger partial charge in [0.2, 0.25) is 5.91 Å². The van der Waals surface area contributed by atoms with E-state index in [9.17, 15) is 9.59 Å². The van der Waals surface area contributed by atoms with Crippen molar-refractivity contribution in [3.05, 3.63) is 29.8 Å². The molecule has 25 heavy (non-hydrogen) atoms. The van der Waals surface area contributed by atoms with Gasteiger partial charge in [-0.3, -0.25) is 9.59 Å². The van der Waals surface area contributed by atoms with Crippen molar-refractivity contribution < 1.29 is 9.59 Å². The van der Waals surface area contributed by atoms with Crippen LogP contribution in [-0.4, -0.2) is 30.9 Å². The number of rotatable bonds is 4. The summed E-state index contributed by atoms with van der Waals surface area (Å²) in [5.74, 6) is -0.338. The minimum Gasteiger partial charge on any atom is -0.371 e. The summed E-state index contributed by atoms with van der Waals surface area (Å²) in [7, 11) is 0. The Bertz CT molecular complexity index is 665. The molecular weight excluding hydrogens is 314 g/mol. The van der Waals surface area contributed by atoms with E-state index in [1.54, 1.807) is 0 Å². The monoisotopic (exact) mass is 343 g/mol. The highest BCUT2D eigenvalue weighted by Crippen LogP contribution is 2.62. The molecule has 2 fully saturated rings. The molecule has 1 aliphatic carbocycles. The lowest BCUT2D eigenvalue weighted by Gasteiger charge is -2.33. The third-order valence-corrected chi connectivity index (χ3v) is 6.61. The number of hydrogen-bond acceptors (Lipinski definition) is 3. The first-order chi connectivity index (χ1) is 11.6. The minimum absolute atomic E-state index is 0.0242. The van der Waals surface area contributed by atoms with Crippen LogP contribution in [0.15, 0.2) is 24.3 Å². The van der Waals surface area contributed by atoms with Crippen LogP contribution in [0, 0.1) is 16.7 Å². The second-order valence-electron chi connectivity index (χ2n) is 8.58. The van der Waals surface area contributed by atoms with Crippen LogP contribution < -0.4 is 16.0 Å². The second-order valence-corrected chi connectivity index (χ2v) is 8.58. The van der Waals surface area contributed by atoms with E-state index in [1.807, 2.05) is 24.3 Å². The molecule has 1 aromatic rings. The Morgan fingerprint density at radius 2 is 1.72 bits per heavy atom. The molecule has 1 unspecified atom stereocenters. The maximum Gasteiger partial charge on any atom is 0.251 e. The molecule has 136 valence electrons. The highest BCUT2D eigenvalue weighted by atomic mass is 16.2. The Hall–Kier alpha value is -2.04. The fraction of sp³-hybridized carbons (Fsp3) is 0.600. The number of nitrogens with zero attached hydrogens (tertiary/aromatic N) is 1. The normalized spacial score (nSPS) is 24.6. The zero-order valence-corrected chi connectivity index (χ0v) is 15.6. The smallest absolute Gasteiger partial charge is 0.251 e. The Balaban J connectivity index is 1.64. The van der Waals surface area contributed by atoms with Gasteiger partial charge >= 0.3 is 0 Å². The molecule has 3 N–H and O–H groups in total. The molecular formula is C20H29N3O2. The van der Waals surface area contributed by atoms with Crippen molar-refractivity contribution in [1.82, 2.24) is 5.32 Å². The lowest BCUT2D eigenvalue weighted by molar-refractivity contribution is -0.122. The average molecular weight is 343 g/mol. The van der Waals surface area contributed by atoms with Crippen LogP contribution in [-0.2, 0) is 4.79 Å². The number of nitrogens with two attached hydrogens (primary N) is 1. The minimum atomic E-state index is -0.227. The molecule has 1 saturated heterocycles. The summed E-state index contributed by atoms with van der Waals surface area (Å²) >= 11 is 0. The predicted octanol–water partition coefficient (Wildman–Crippen LogP) is 2.55. The van der Waals surface area contributed by atoms with Gasteiger partial charge in [0.15, 0.2) is 0 Å². The Labute approximate surface area is 150 Å². The van der Waals surface area contributed by atoms with Gasteiger partial charge in [0.05, 0.1) is 5.92 Å². The summed E-state index contributed by atoms with van der Waals surface area (Å²) in [6.07, 6.45) is 1.82. The number of hydrogen-bond donors (Lipinski definition) is 2. The topological polar surface area (TPSA) is 75.4 Å². The van der Waals surface area contributed by atoms with Gasteiger partial charge < -0.3 is 16.0 Å². The van der Waals surface area contributed by atoms with Crippen LogP contribution in [0.25, 0.3) is 0 Å². The molecule has 1 atom stereocenters. The van der Waals surface area contributed by atoms with Gasteiger partial charge in [0.1, 0.15) is 0 Å². The molecule has 1 aliphatic heterocycles. The van der Waals surface area contributed by atoms with Gasteiger partial charge in [0.25, 0.3) is 5.91 Å². The molecule has 2 aliphatic rings. The standard InChI is InChI=1S/C20H29N3O2/c1-19(2)18(20(19,3)4)22-17(25)13-7-9-15(10-8-13)23-11-5-6-14(12-23)16(21)24/h7-10,14,18H,5-6,11-12H2,1-4H3,(H2,21,24)(H,22,25). The van der Waals surface area contributed by atoms with Crippen LogP contribution in [0.3, 0.4) is 0 Å². The zero-order chi connectivity index (χ0) is 18.4. The van der Waals surface area contributed by atoms with E-state index < -0.39 is 0 Å². The molecule has 5 nitrogen and oxygen atoms in total. The summed E-state index contributed by atoms with van der Waals surface area (Å²) in [6, 6.07) is 7.84. The molecule has 0 radical (unpaired) electrons. The van der Waals surface area contributed by atoms with Crippen molar-refractivity contribution in [3.63, 3.8) is 0 Å². The van der Waals surface area contributed by atoms with Crippen molar-refractivity contribution in [1.29, 1.82) is 0 Å². The van der Waals surface area contributed by atoms with Crippen molar-refractivity contribution in [3.8, 4) is 0 Å². The number of nitrogens with one attached hydrogen (secondary N) is 1. The molecule has 1 saturated carbocycles.